The Morgan fingerprint density at radius 2 is 2.06 bits per heavy atom. The fourth-order valence-electron chi connectivity index (χ4n) is 2.85. The minimum Gasteiger partial charge on any atom is -0.342 e. The average molecular weight is 239 g/mol. The molecule has 98 valence electrons. The number of hydrogen-bond acceptors (Lipinski definition) is 3. The molecule has 1 amide bonds. The Balaban J connectivity index is 1.77. The third-order valence-corrected chi connectivity index (χ3v) is 3.61. The first-order chi connectivity index (χ1) is 8.15. The van der Waals surface area contributed by atoms with Crippen molar-refractivity contribution in [2.24, 2.45) is 11.8 Å². The van der Waals surface area contributed by atoms with Crippen molar-refractivity contribution in [1.82, 2.24) is 15.1 Å². The maximum Gasteiger partial charge on any atom is 0.222 e. The Labute approximate surface area is 104 Å². The molecule has 0 aromatic carbocycles. The molecule has 0 aromatic heterocycles. The van der Waals surface area contributed by atoms with E-state index in [-0.39, 0.29) is 0 Å². The van der Waals surface area contributed by atoms with Crippen LogP contribution in [0.1, 0.15) is 20.3 Å². The van der Waals surface area contributed by atoms with Crippen molar-refractivity contribution in [3.05, 3.63) is 0 Å². The number of likely N-dealkylation sites (tertiary alicyclic amines) is 1. The second-order valence-electron chi connectivity index (χ2n) is 5.81. The lowest BCUT2D eigenvalue weighted by Gasteiger charge is -2.29. The molecule has 1 unspecified atom stereocenters. The maximum absolute atomic E-state index is 11.9. The molecule has 4 nitrogen and oxygen atoms in total. The van der Waals surface area contributed by atoms with E-state index in [2.05, 4.69) is 29.0 Å². The summed E-state index contributed by atoms with van der Waals surface area (Å²) < 4.78 is 0. The summed E-state index contributed by atoms with van der Waals surface area (Å²) in [7, 11) is 0. The summed E-state index contributed by atoms with van der Waals surface area (Å²) in [5.41, 5.74) is 0. The highest BCUT2D eigenvalue weighted by Gasteiger charge is 2.30. The van der Waals surface area contributed by atoms with E-state index < -0.39 is 0 Å². The van der Waals surface area contributed by atoms with E-state index in [1.165, 1.54) is 0 Å². The maximum atomic E-state index is 11.9. The van der Waals surface area contributed by atoms with Crippen molar-refractivity contribution in [3.8, 4) is 0 Å². The lowest BCUT2D eigenvalue weighted by molar-refractivity contribution is -0.128. The van der Waals surface area contributed by atoms with E-state index in [1.54, 1.807) is 0 Å². The molecule has 0 aromatic rings. The SMILES string of the molecule is CC(C)CN1CC(CN2CCNCC2)CC1=O. The summed E-state index contributed by atoms with van der Waals surface area (Å²) in [4.78, 5) is 16.4. The normalized spacial score (nSPS) is 27.1. The number of amides is 1. The van der Waals surface area contributed by atoms with Crippen LogP contribution in [0.4, 0.5) is 0 Å². The Bertz CT molecular complexity index is 261. The summed E-state index contributed by atoms with van der Waals surface area (Å²) in [6, 6.07) is 0. The number of nitrogens with zero attached hydrogens (tertiary/aromatic N) is 2. The van der Waals surface area contributed by atoms with Crippen LogP contribution in [0.3, 0.4) is 0 Å². The van der Waals surface area contributed by atoms with Crippen molar-refractivity contribution < 1.29 is 4.79 Å². The van der Waals surface area contributed by atoms with E-state index in [0.29, 0.717) is 17.7 Å². The predicted molar refractivity (Wildman–Crippen MR) is 68.8 cm³/mol. The molecular formula is C13H25N3O. The molecule has 0 aliphatic carbocycles. The largest absolute Gasteiger partial charge is 0.342 e. The van der Waals surface area contributed by atoms with Crippen LogP contribution in [-0.4, -0.2) is 61.5 Å². The van der Waals surface area contributed by atoms with Gasteiger partial charge in [0.2, 0.25) is 5.91 Å². The van der Waals surface area contributed by atoms with Gasteiger partial charge < -0.3 is 15.1 Å². The van der Waals surface area contributed by atoms with E-state index in [1.807, 2.05) is 0 Å². The zero-order valence-electron chi connectivity index (χ0n) is 11.1. The van der Waals surface area contributed by atoms with Crippen LogP contribution in [0.15, 0.2) is 0 Å². The van der Waals surface area contributed by atoms with Gasteiger partial charge in [0.05, 0.1) is 0 Å². The molecule has 2 saturated heterocycles. The van der Waals surface area contributed by atoms with Crippen LogP contribution in [-0.2, 0) is 4.79 Å². The molecule has 2 heterocycles. The number of carbonyl (C=O) groups excluding carboxylic acids is 1. The zero-order valence-corrected chi connectivity index (χ0v) is 11.1. The third-order valence-electron chi connectivity index (χ3n) is 3.61. The van der Waals surface area contributed by atoms with Crippen molar-refractivity contribution in [2.45, 2.75) is 20.3 Å². The smallest absolute Gasteiger partial charge is 0.222 e. The standard InChI is InChI=1S/C13H25N3O/c1-11(2)8-16-10-12(7-13(16)17)9-15-5-3-14-4-6-15/h11-12,14H,3-10H2,1-2H3. The Kier molecular flexibility index (Phi) is 4.40. The van der Waals surface area contributed by atoms with Gasteiger partial charge in [-0.15, -0.1) is 0 Å². The second kappa shape index (κ2) is 5.83. The number of rotatable bonds is 4. The topological polar surface area (TPSA) is 35.6 Å². The van der Waals surface area contributed by atoms with E-state index in [4.69, 9.17) is 0 Å². The molecule has 1 atom stereocenters. The molecule has 4 heteroatoms. The van der Waals surface area contributed by atoms with Crippen LogP contribution >= 0.6 is 0 Å². The number of hydrogen-bond donors (Lipinski definition) is 1. The zero-order chi connectivity index (χ0) is 12.3. The summed E-state index contributed by atoms with van der Waals surface area (Å²) in [5, 5.41) is 3.36. The highest BCUT2D eigenvalue weighted by Crippen LogP contribution is 2.20. The molecule has 0 bridgehead atoms. The average Bonchev–Trinajstić information content (AvgIpc) is 2.59. The van der Waals surface area contributed by atoms with Crippen LogP contribution in [0, 0.1) is 11.8 Å². The van der Waals surface area contributed by atoms with Gasteiger partial charge in [-0.05, 0) is 11.8 Å². The Hall–Kier alpha value is -0.610. The Morgan fingerprint density at radius 3 is 2.71 bits per heavy atom. The van der Waals surface area contributed by atoms with Crippen molar-refractivity contribution in [1.29, 1.82) is 0 Å². The van der Waals surface area contributed by atoms with E-state index >= 15 is 0 Å². The lowest BCUT2D eigenvalue weighted by atomic mass is 10.1. The fraction of sp³-hybridized carbons (Fsp3) is 0.923. The number of carbonyl (C=O) groups is 1. The molecule has 17 heavy (non-hydrogen) atoms. The van der Waals surface area contributed by atoms with E-state index in [0.717, 1.165) is 52.2 Å². The number of nitrogens with one attached hydrogen (secondary N) is 1. The molecule has 0 radical (unpaired) electrons. The van der Waals surface area contributed by atoms with Gasteiger partial charge in [-0.3, -0.25) is 4.79 Å². The summed E-state index contributed by atoms with van der Waals surface area (Å²) in [6.45, 7) is 11.8. The van der Waals surface area contributed by atoms with Crippen LogP contribution in [0.2, 0.25) is 0 Å². The lowest BCUT2D eigenvalue weighted by Crippen LogP contribution is -2.45. The van der Waals surface area contributed by atoms with E-state index in [9.17, 15) is 4.79 Å². The van der Waals surface area contributed by atoms with Crippen molar-refractivity contribution in [3.63, 3.8) is 0 Å². The first-order valence-corrected chi connectivity index (χ1v) is 6.86. The quantitative estimate of drug-likeness (QED) is 0.771. The molecule has 1 N–H and O–H groups in total. The van der Waals surface area contributed by atoms with Crippen LogP contribution in [0.25, 0.3) is 0 Å². The van der Waals surface area contributed by atoms with Gasteiger partial charge in [0.15, 0.2) is 0 Å². The Morgan fingerprint density at radius 1 is 1.35 bits per heavy atom. The van der Waals surface area contributed by atoms with Crippen LogP contribution < -0.4 is 5.32 Å². The summed E-state index contributed by atoms with van der Waals surface area (Å²) in [6.07, 6.45) is 0.761. The van der Waals surface area contributed by atoms with Gasteiger partial charge in [-0.1, -0.05) is 13.8 Å². The predicted octanol–water partition coefficient (Wildman–Crippen LogP) is 0.396. The van der Waals surface area contributed by atoms with Gasteiger partial charge in [0.1, 0.15) is 0 Å². The van der Waals surface area contributed by atoms with Gasteiger partial charge in [-0.2, -0.15) is 0 Å². The molecule has 2 aliphatic rings. The highest BCUT2D eigenvalue weighted by atomic mass is 16.2. The fourth-order valence-corrected chi connectivity index (χ4v) is 2.85. The molecule has 2 fully saturated rings. The summed E-state index contributed by atoms with van der Waals surface area (Å²) in [5.74, 6) is 1.50. The monoisotopic (exact) mass is 239 g/mol. The van der Waals surface area contributed by atoms with Gasteiger partial charge >= 0.3 is 0 Å². The van der Waals surface area contributed by atoms with Crippen molar-refractivity contribution in [2.75, 3.05) is 45.8 Å². The minimum absolute atomic E-state index is 0.360. The summed E-state index contributed by atoms with van der Waals surface area (Å²) >= 11 is 0. The molecule has 2 rings (SSSR count). The van der Waals surface area contributed by atoms with Gasteiger partial charge in [0, 0.05) is 52.2 Å². The second-order valence-corrected chi connectivity index (χ2v) is 5.81. The highest BCUT2D eigenvalue weighted by molar-refractivity contribution is 5.78. The van der Waals surface area contributed by atoms with Crippen molar-refractivity contribution >= 4 is 5.91 Å². The van der Waals surface area contributed by atoms with Gasteiger partial charge in [-0.25, -0.2) is 0 Å². The van der Waals surface area contributed by atoms with Crippen LogP contribution in [0.5, 0.6) is 0 Å². The molecule has 2 aliphatic heterocycles. The molecular weight excluding hydrogens is 214 g/mol. The minimum atomic E-state index is 0.360. The first kappa shape index (κ1) is 12.8. The molecule has 0 spiro atoms. The third kappa shape index (κ3) is 3.68. The van der Waals surface area contributed by atoms with Gasteiger partial charge in [0.25, 0.3) is 0 Å². The molecule has 0 saturated carbocycles. The first-order valence-electron chi connectivity index (χ1n) is 6.86. The number of piperazine rings is 1.